The Hall–Kier alpha value is -3.90. The van der Waals surface area contributed by atoms with Gasteiger partial charge in [0.15, 0.2) is 0 Å². The Kier molecular flexibility index (Phi) is 5.58. The van der Waals surface area contributed by atoms with Gasteiger partial charge in [-0.3, -0.25) is 19.3 Å². The maximum absolute atomic E-state index is 13.6. The molecule has 1 fully saturated rings. The van der Waals surface area contributed by atoms with Gasteiger partial charge in [0, 0.05) is 24.0 Å². The lowest BCUT2D eigenvalue weighted by molar-refractivity contribution is 0.0735. The highest BCUT2D eigenvalue weighted by molar-refractivity contribution is 6.04. The molecule has 0 spiro atoms. The summed E-state index contributed by atoms with van der Waals surface area (Å²) in [4.78, 5) is 27.0. The molecule has 0 bridgehead atoms. The van der Waals surface area contributed by atoms with E-state index in [9.17, 15) is 9.90 Å². The number of hydrogen-bond acceptors (Lipinski definition) is 5. The maximum Gasteiger partial charge on any atom is 0.261 e. The molecule has 174 valence electrons. The van der Waals surface area contributed by atoms with Crippen molar-refractivity contribution in [2.24, 2.45) is 0 Å². The maximum atomic E-state index is 13.6. The lowest BCUT2D eigenvalue weighted by atomic mass is 9.92. The Morgan fingerprint density at radius 1 is 0.857 bits per heavy atom. The fourth-order valence-electron chi connectivity index (χ4n) is 5.28. The van der Waals surface area contributed by atoms with Crippen molar-refractivity contribution in [2.75, 3.05) is 0 Å². The van der Waals surface area contributed by atoms with Crippen LogP contribution < -0.4 is 5.56 Å². The number of rotatable bonds is 4. The van der Waals surface area contributed by atoms with E-state index in [-0.39, 0.29) is 11.6 Å². The lowest BCUT2D eigenvalue weighted by Crippen LogP contribution is -2.34. The molecule has 2 atom stereocenters. The molecule has 3 aromatic heterocycles. The molecule has 6 heteroatoms. The molecule has 0 unspecified atom stereocenters. The van der Waals surface area contributed by atoms with E-state index >= 15 is 0 Å². The SMILES string of the molecule is O=c1c2cc(Cc3ccc(-c4ccncc4)cc3)c3cccnc3c2ncn1[C@H]1CCCC[C@@H]1O. The van der Waals surface area contributed by atoms with E-state index in [1.807, 2.05) is 30.3 Å². The summed E-state index contributed by atoms with van der Waals surface area (Å²) in [5.41, 5.74) is 5.70. The van der Waals surface area contributed by atoms with E-state index in [2.05, 4.69) is 39.2 Å². The van der Waals surface area contributed by atoms with Crippen LogP contribution in [0.2, 0.25) is 0 Å². The fraction of sp³-hybridized carbons (Fsp3) is 0.241. The van der Waals surface area contributed by atoms with Gasteiger partial charge in [-0.15, -0.1) is 0 Å². The second-order valence-electron chi connectivity index (χ2n) is 9.32. The summed E-state index contributed by atoms with van der Waals surface area (Å²) < 4.78 is 1.63. The van der Waals surface area contributed by atoms with Crippen molar-refractivity contribution in [3.05, 3.63) is 101 Å². The summed E-state index contributed by atoms with van der Waals surface area (Å²) in [5, 5.41) is 12.1. The van der Waals surface area contributed by atoms with Crippen molar-refractivity contribution >= 4 is 21.8 Å². The Morgan fingerprint density at radius 3 is 2.40 bits per heavy atom. The lowest BCUT2D eigenvalue weighted by Gasteiger charge is -2.29. The van der Waals surface area contributed by atoms with Crippen LogP contribution in [0.5, 0.6) is 0 Å². The largest absolute Gasteiger partial charge is 0.391 e. The Labute approximate surface area is 203 Å². The van der Waals surface area contributed by atoms with Crippen LogP contribution in [0.3, 0.4) is 0 Å². The summed E-state index contributed by atoms with van der Waals surface area (Å²) in [6, 6.07) is 18.2. The Morgan fingerprint density at radius 2 is 1.60 bits per heavy atom. The zero-order valence-corrected chi connectivity index (χ0v) is 19.3. The number of nitrogens with zero attached hydrogens (tertiary/aromatic N) is 4. The van der Waals surface area contributed by atoms with Gasteiger partial charge < -0.3 is 5.11 Å². The molecule has 3 heterocycles. The van der Waals surface area contributed by atoms with Crippen LogP contribution in [0.15, 0.2) is 84.3 Å². The molecule has 0 saturated heterocycles. The minimum atomic E-state index is -0.516. The highest BCUT2D eigenvalue weighted by atomic mass is 16.3. The molecule has 6 rings (SSSR count). The number of hydrogen-bond donors (Lipinski definition) is 1. The van der Waals surface area contributed by atoms with Crippen LogP contribution in [0.4, 0.5) is 0 Å². The van der Waals surface area contributed by atoms with Crippen LogP contribution in [-0.4, -0.2) is 30.7 Å². The second-order valence-corrected chi connectivity index (χ2v) is 9.32. The predicted molar refractivity (Wildman–Crippen MR) is 137 cm³/mol. The zero-order valence-electron chi connectivity index (χ0n) is 19.3. The monoisotopic (exact) mass is 462 g/mol. The fourth-order valence-corrected chi connectivity index (χ4v) is 5.28. The number of pyridine rings is 2. The van der Waals surface area contributed by atoms with Crippen molar-refractivity contribution in [3.8, 4) is 11.1 Å². The highest BCUT2D eigenvalue weighted by Gasteiger charge is 2.26. The molecular weight excluding hydrogens is 436 g/mol. The molecule has 1 saturated carbocycles. The van der Waals surface area contributed by atoms with Gasteiger partial charge in [0.25, 0.3) is 5.56 Å². The van der Waals surface area contributed by atoms with Gasteiger partial charge in [0.2, 0.25) is 0 Å². The third-order valence-electron chi connectivity index (χ3n) is 7.14. The summed E-state index contributed by atoms with van der Waals surface area (Å²) in [7, 11) is 0. The van der Waals surface area contributed by atoms with Gasteiger partial charge in [-0.05, 0) is 65.8 Å². The van der Waals surface area contributed by atoms with Crippen LogP contribution in [0.25, 0.3) is 32.9 Å². The van der Waals surface area contributed by atoms with Gasteiger partial charge in [-0.2, -0.15) is 0 Å². The topological polar surface area (TPSA) is 80.9 Å². The van der Waals surface area contributed by atoms with Crippen LogP contribution in [0.1, 0.15) is 42.9 Å². The molecule has 1 aliphatic carbocycles. The molecule has 6 nitrogen and oxygen atoms in total. The van der Waals surface area contributed by atoms with Crippen molar-refractivity contribution < 1.29 is 5.11 Å². The summed E-state index contributed by atoms with van der Waals surface area (Å²) in [6.45, 7) is 0. The van der Waals surface area contributed by atoms with Crippen molar-refractivity contribution in [2.45, 2.75) is 44.2 Å². The summed E-state index contributed by atoms with van der Waals surface area (Å²) in [5.74, 6) is 0. The molecule has 0 amide bonds. The average molecular weight is 463 g/mol. The molecule has 1 aliphatic rings. The van der Waals surface area contributed by atoms with E-state index < -0.39 is 6.10 Å². The standard InChI is InChI=1S/C29H26N4O2/c34-26-6-2-1-5-25(26)33-18-32-28-24(29(33)35)17-22(23-4-3-13-31-27(23)28)16-19-7-9-20(10-8-19)21-11-14-30-15-12-21/h3-4,7-15,17-18,25-26,34H,1-2,5-6,16H2/t25-,26-/m0/s1. The molecule has 0 aliphatic heterocycles. The minimum Gasteiger partial charge on any atom is -0.391 e. The van der Waals surface area contributed by atoms with Crippen molar-refractivity contribution in [3.63, 3.8) is 0 Å². The first-order valence-electron chi connectivity index (χ1n) is 12.1. The molecule has 5 aromatic rings. The number of aromatic nitrogens is 4. The van der Waals surface area contributed by atoms with Gasteiger partial charge in [-0.25, -0.2) is 4.98 Å². The van der Waals surface area contributed by atoms with Gasteiger partial charge in [0.1, 0.15) is 5.52 Å². The first kappa shape index (κ1) is 21.6. The van der Waals surface area contributed by atoms with E-state index in [1.54, 1.807) is 29.5 Å². The molecule has 1 N–H and O–H groups in total. The molecule has 0 radical (unpaired) electrons. The number of benzene rings is 2. The molecule has 2 aromatic carbocycles. The Bertz CT molecular complexity index is 1560. The number of fused-ring (bicyclic) bond motifs is 3. The molecular formula is C29H26N4O2. The molecule has 35 heavy (non-hydrogen) atoms. The van der Waals surface area contributed by atoms with E-state index in [0.717, 1.165) is 58.8 Å². The average Bonchev–Trinajstić information content (AvgIpc) is 2.91. The van der Waals surface area contributed by atoms with Crippen LogP contribution >= 0.6 is 0 Å². The minimum absolute atomic E-state index is 0.109. The smallest absolute Gasteiger partial charge is 0.261 e. The first-order chi connectivity index (χ1) is 17.2. The second kappa shape index (κ2) is 9.04. The zero-order chi connectivity index (χ0) is 23.8. The van der Waals surface area contributed by atoms with Gasteiger partial charge >= 0.3 is 0 Å². The highest BCUT2D eigenvalue weighted by Crippen LogP contribution is 2.30. The predicted octanol–water partition coefficient (Wildman–Crippen LogP) is 5.07. The van der Waals surface area contributed by atoms with Gasteiger partial charge in [0.05, 0.1) is 29.4 Å². The number of aliphatic hydroxyl groups is 1. The van der Waals surface area contributed by atoms with Crippen molar-refractivity contribution in [1.82, 2.24) is 19.5 Å². The third-order valence-corrected chi connectivity index (χ3v) is 7.14. The van der Waals surface area contributed by atoms with Crippen molar-refractivity contribution in [1.29, 1.82) is 0 Å². The first-order valence-corrected chi connectivity index (χ1v) is 12.1. The normalized spacial score (nSPS) is 18.2. The van der Waals surface area contributed by atoms with Crippen LogP contribution in [-0.2, 0) is 6.42 Å². The quantitative estimate of drug-likeness (QED) is 0.377. The van der Waals surface area contributed by atoms with E-state index in [4.69, 9.17) is 0 Å². The van der Waals surface area contributed by atoms with Crippen LogP contribution in [0, 0.1) is 0 Å². The third kappa shape index (κ3) is 4.00. The number of aliphatic hydroxyl groups excluding tert-OH is 1. The van der Waals surface area contributed by atoms with E-state index in [1.165, 1.54) is 0 Å². The van der Waals surface area contributed by atoms with E-state index in [0.29, 0.717) is 17.3 Å². The summed E-state index contributed by atoms with van der Waals surface area (Å²) >= 11 is 0. The van der Waals surface area contributed by atoms with Gasteiger partial charge in [-0.1, -0.05) is 43.2 Å². The summed E-state index contributed by atoms with van der Waals surface area (Å²) in [6.07, 6.45) is 10.6. The Balaban J connectivity index is 1.44.